The first kappa shape index (κ1) is 16.2. The van der Waals surface area contributed by atoms with Gasteiger partial charge >= 0.3 is 5.97 Å². The van der Waals surface area contributed by atoms with Crippen molar-refractivity contribution < 1.29 is 18.7 Å². The lowest BCUT2D eigenvalue weighted by Crippen LogP contribution is -2.18. The van der Waals surface area contributed by atoms with Gasteiger partial charge in [0.15, 0.2) is 0 Å². The van der Waals surface area contributed by atoms with Crippen LogP contribution in [0.25, 0.3) is 0 Å². The molecule has 2 rings (SSSR count). The number of benzene rings is 1. The monoisotopic (exact) mass is 369 g/mol. The van der Waals surface area contributed by atoms with Crippen LogP contribution in [0, 0.1) is 5.82 Å². The van der Waals surface area contributed by atoms with Crippen LogP contribution in [-0.2, 0) is 11.8 Å². The summed E-state index contributed by atoms with van der Waals surface area (Å²) in [5.74, 6) is -1.82. The van der Waals surface area contributed by atoms with Crippen LogP contribution in [0.3, 0.4) is 0 Å². The van der Waals surface area contributed by atoms with E-state index in [1.54, 1.807) is 20.0 Å². The lowest BCUT2D eigenvalue weighted by molar-refractivity contribution is 0.0527. The Morgan fingerprint density at radius 2 is 2.14 bits per heavy atom. The second-order valence-corrected chi connectivity index (χ2v) is 5.24. The average Bonchev–Trinajstić information content (AvgIpc) is 2.80. The first-order chi connectivity index (χ1) is 10.4. The molecule has 0 saturated heterocycles. The topological polar surface area (TPSA) is 73.2 Å². The number of rotatable bonds is 4. The third-order valence-corrected chi connectivity index (χ3v) is 3.34. The second kappa shape index (κ2) is 6.69. The van der Waals surface area contributed by atoms with Crippen molar-refractivity contribution in [3.63, 3.8) is 0 Å². The van der Waals surface area contributed by atoms with Crippen LogP contribution in [0.5, 0.6) is 0 Å². The molecule has 1 N–H and O–H groups in total. The number of aromatic nitrogens is 2. The van der Waals surface area contributed by atoms with Gasteiger partial charge in [0.1, 0.15) is 17.2 Å². The van der Waals surface area contributed by atoms with E-state index in [4.69, 9.17) is 4.74 Å². The SMILES string of the molecule is CCOC(=O)c1cnn(C)c1NC(=O)c1ccc(Br)cc1F. The molecule has 0 saturated carbocycles. The number of amides is 1. The van der Waals surface area contributed by atoms with Crippen LogP contribution in [0.15, 0.2) is 28.9 Å². The minimum absolute atomic E-state index is 0.107. The molecule has 1 amide bonds. The van der Waals surface area contributed by atoms with E-state index in [-0.39, 0.29) is 23.6 Å². The molecule has 6 nitrogen and oxygen atoms in total. The average molecular weight is 370 g/mol. The van der Waals surface area contributed by atoms with Crippen molar-refractivity contribution in [3.05, 3.63) is 45.8 Å². The summed E-state index contributed by atoms with van der Waals surface area (Å²) in [7, 11) is 1.55. The maximum absolute atomic E-state index is 13.8. The van der Waals surface area contributed by atoms with Crippen LogP contribution in [0.4, 0.5) is 10.2 Å². The smallest absolute Gasteiger partial charge is 0.343 e. The van der Waals surface area contributed by atoms with E-state index in [9.17, 15) is 14.0 Å². The Morgan fingerprint density at radius 3 is 2.77 bits per heavy atom. The highest BCUT2D eigenvalue weighted by Crippen LogP contribution is 2.19. The summed E-state index contributed by atoms with van der Waals surface area (Å²) in [5, 5.41) is 6.38. The molecule has 0 aliphatic rings. The number of nitrogens with one attached hydrogen (secondary N) is 1. The summed E-state index contributed by atoms with van der Waals surface area (Å²) < 4.78 is 20.5. The van der Waals surface area contributed by atoms with Gasteiger partial charge in [-0.25, -0.2) is 9.18 Å². The van der Waals surface area contributed by atoms with Gasteiger partial charge in [-0.05, 0) is 25.1 Å². The summed E-state index contributed by atoms with van der Waals surface area (Å²) in [6, 6.07) is 4.08. The molecule has 2 aromatic rings. The van der Waals surface area contributed by atoms with Crippen LogP contribution in [0.2, 0.25) is 0 Å². The number of hydrogen-bond acceptors (Lipinski definition) is 4. The number of carbonyl (C=O) groups is 2. The first-order valence-corrected chi connectivity index (χ1v) is 7.18. The highest BCUT2D eigenvalue weighted by atomic mass is 79.9. The summed E-state index contributed by atoms with van der Waals surface area (Å²) in [6.07, 6.45) is 1.28. The van der Waals surface area contributed by atoms with E-state index >= 15 is 0 Å². The number of carbonyl (C=O) groups excluding carboxylic acids is 2. The van der Waals surface area contributed by atoms with Gasteiger partial charge in [0.25, 0.3) is 5.91 Å². The molecule has 0 aliphatic heterocycles. The lowest BCUT2D eigenvalue weighted by atomic mass is 10.2. The van der Waals surface area contributed by atoms with Crippen LogP contribution in [-0.4, -0.2) is 28.3 Å². The highest BCUT2D eigenvalue weighted by molar-refractivity contribution is 9.10. The van der Waals surface area contributed by atoms with Crippen molar-refractivity contribution in [2.75, 3.05) is 11.9 Å². The summed E-state index contributed by atoms with van der Waals surface area (Å²) in [6.45, 7) is 1.87. The quantitative estimate of drug-likeness (QED) is 0.840. The third kappa shape index (κ3) is 3.33. The Balaban J connectivity index is 2.29. The fraction of sp³-hybridized carbons (Fsp3) is 0.214. The summed E-state index contributed by atoms with van der Waals surface area (Å²) in [4.78, 5) is 24.0. The van der Waals surface area contributed by atoms with Crippen molar-refractivity contribution in [2.45, 2.75) is 6.92 Å². The molecule has 8 heteroatoms. The molecular weight excluding hydrogens is 357 g/mol. The van der Waals surface area contributed by atoms with E-state index in [1.807, 2.05) is 0 Å². The van der Waals surface area contributed by atoms with Crippen molar-refractivity contribution in [2.24, 2.45) is 7.05 Å². The first-order valence-electron chi connectivity index (χ1n) is 6.39. The molecule has 1 aromatic carbocycles. The Bertz CT molecular complexity index is 730. The Hall–Kier alpha value is -2.22. The summed E-state index contributed by atoms with van der Waals surface area (Å²) in [5.41, 5.74) is -0.0329. The molecule has 1 heterocycles. The van der Waals surface area contributed by atoms with Crippen LogP contribution >= 0.6 is 15.9 Å². The molecule has 1 aromatic heterocycles. The maximum atomic E-state index is 13.8. The zero-order valence-corrected chi connectivity index (χ0v) is 13.5. The summed E-state index contributed by atoms with van der Waals surface area (Å²) >= 11 is 3.12. The molecule has 22 heavy (non-hydrogen) atoms. The molecule has 0 aliphatic carbocycles. The van der Waals surface area contributed by atoms with E-state index in [1.165, 1.54) is 23.0 Å². The fourth-order valence-corrected chi connectivity index (χ4v) is 2.13. The van der Waals surface area contributed by atoms with Gasteiger partial charge in [-0.3, -0.25) is 9.48 Å². The standard InChI is InChI=1S/C14H13BrFN3O3/c1-3-22-14(21)10-7-17-19(2)12(10)18-13(20)9-5-4-8(15)6-11(9)16/h4-7H,3H2,1-2H3,(H,18,20). The van der Waals surface area contributed by atoms with Gasteiger partial charge in [0, 0.05) is 11.5 Å². The molecule has 0 spiro atoms. The normalized spacial score (nSPS) is 10.4. The molecule has 0 bridgehead atoms. The molecule has 0 fully saturated rings. The van der Waals surface area contributed by atoms with Crippen molar-refractivity contribution in [3.8, 4) is 0 Å². The zero-order valence-electron chi connectivity index (χ0n) is 11.9. The lowest BCUT2D eigenvalue weighted by Gasteiger charge is -2.09. The predicted molar refractivity (Wildman–Crippen MR) is 81.2 cm³/mol. The number of anilines is 1. The van der Waals surface area contributed by atoms with Gasteiger partial charge in [0.2, 0.25) is 0 Å². The minimum Gasteiger partial charge on any atom is -0.462 e. The number of esters is 1. The number of aryl methyl sites for hydroxylation is 1. The second-order valence-electron chi connectivity index (χ2n) is 4.33. The van der Waals surface area contributed by atoms with E-state index in [2.05, 4.69) is 26.3 Å². The fourth-order valence-electron chi connectivity index (χ4n) is 1.79. The zero-order chi connectivity index (χ0) is 16.3. The number of halogens is 2. The van der Waals surface area contributed by atoms with E-state index < -0.39 is 17.7 Å². The van der Waals surface area contributed by atoms with Gasteiger partial charge in [0.05, 0.1) is 18.4 Å². The van der Waals surface area contributed by atoms with Gasteiger partial charge < -0.3 is 10.1 Å². The predicted octanol–water partition coefficient (Wildman–Crippen LogP) is 2.75. The molecule has 0 radical (unpaired) electrons. The molecule has 0 unspecified atom stereocenters. The van der Waals surface area contributed by atoms with Gasteiger partial charge in [-0.2, -0.15) is 5.10 Å². The maximum Gasteiger partial charge on any atom is 0.343 e. The number of ether oxygens (including phenoxy) is 1. The molecular formula is C14H13BrFN3O3. The van der Waals surface area contributed by atoms with Crippen molar-refractivity contribution in [1.29, 1.82) is 0 Å². The Morgan fingerprint density at radius 1 is 1.41 bits per heavy atom. The van der Waals surface area contributed by atoms with Crippen LogP contribution < -0.4 is 5.32 Å². The largest absolute Gasteiger partial charge is 0.462 e. The number of hydrogen-bond donors (Lipinski definition) is 1. The Kier molecular flexibility index (Phi) is 4.92. The number of nitrogens with zero attached hydrogens (tertiary/aromatic N) is 2. The third-order valence-electron chi connectivity index (χ3n) is 2.84. The van der Waals surface area contributed by atoms with E-state index in [0.29, 0.717) is 4.47 Å². The Labute approximate surface area is 134 Å². The van der Waals surface area contributed by atoms with Crippen molar-refractivity contribution in [1.82, 2.24) is 9.78 Å². The minimum atomic E-state index is -0.681. The van der Waals surface area contributed by atoms with Crippen molar-refractivity contribution >= 4 is 33.6 Å². The molecule has 116 valence electrons. The van der Waals surface area contributed by atoms with Gasteiger partial charge in [-0.1, -0.05) is 15.9 Å². The van der Waals surface area contributed by atoms with Crippen LogP contribution in [0.1, 0.15) is 27.6 Å². The van der Waals surface area contributed by atoms with Gasteiger partial charge in [-0.15, -0.1) is 0 Å². The molecule has 0 atom stereocenters. The highest BCUT2D eigenvalue weighted by Gasteiger charge is 2.21. The van der Waals surface area contributed by atoms with E-state index in [0.717, 1.165) is 0 Å².